The highest BCUT2D eigenvalue weighted by Gasteiger charge is 2.07. The van der Waals surface area contributed by atoms with Crippen molar-refractivity contribution in [3.05, 3.63) is 42.5 Å². The lowest BCUT2D eigenvalue weighted by atomic mass is 10.2. The first kappa shape index (κ1) is 13.7. The van der Waals surface area contributed by atoms with Crippen molar-refractivity contribution >= 4 is 17.6 Å². The number of aromatic nitrogens is 3. The zero-order valence-corrected chi connectivity index (χ0v) is 10.9. The molecule has 1 amide bonds. The summed E-state index contributed by atoms with van der Waals surface area (Å²) in [6, 6.07) is 6.49. The van der Waals surface area contributed by atoms with E-state index in [2.05, 4.69) is 15.4 Å². The molecule has 0 atom stereocenters. The van der Waals surface area contributed by atoms with Gasteiger partial charge in [0.15, 0.2) is 0 Å². The van der Waals surface area contributed by atoms with Crippen LogP contribution in [-0.2, 0) is 16.1 Å². The van der Waals surface area contributed by atoms with Crippen LogP contribution in [0.4, 0.5) is 5.69 Å². The number of nitrogens with zero attached hydrogens (tertiary/aromatic N) is 3. The van der Waals surface area contributed by atoms with Crippen molar-refractivity contribution in [3.8, 4) is 0 Å². The molecule has 0 unspecified atom stereocenters. The second kappa shape index (κ2) is 6.46. The third-order valence-electron chi connectivity index (χ3n) is 2.45. The predicted molar refractivity (Wildman–Crippen MR) is 71.1 cm³/mol. The first-order valence-corrected chi connectivity index (χ1v) is 6.08. The summed E-state index contributed by atoms with van der Waals surface area (Å²) >= 11 is 0. The highest BCUT2D eigenvalue weighted by Crippen LogP contribution is 2.10. The van der Waals surface area contributed by atoms with E-state index in [-0.39, 0.29) is 18.4 Å². The lowest BCUT2D eigenvalue weighted by Gasteiger charge is -2.06. The average Bonchev–Trinajstić information content (AvgIpc) is 2.92. The van der Waals surface area contributed by atoms with E-state index in [1.807, 2.05) is 0 Å². The summed E-state index contributed by atoms with van der Waals surface area (Å²) in [7, 11) is 0. The fourth-order valence-electron chi connectivity index (χ4n) is 1.57. The number of carbonyl (C=O) groups is 2. The number of nitrogens with one attached hydrogen (secondary N) is 1. The molecule has 0 aliphatic rings. The Bertz CT molecular complexity index is 578. The van der Waals surface area contributed by atoms with Crippen LogP contribution in [0.1, 0.15) is 17.3 Å². The van der Waals surface area contributed by atoms with E-state index in [9.17, 15) is 9.59 Å². The maximum atomic E-state index is 11.7. The van der Waals surface area contributed by atoms with Gasteiger partial charge in [0.25, 0.3) is 0 Å². The van der Waals surface area contributed by atoms with Crippen LogP contribution >= 0.6 is 0 Å². The van der Waals surface area contributed by atoms with Crippen LogP contribution in [0, 0.1) is 0 Å². The van der Waals surface area contributed by atoms with E-state index < -0.39 is 0 Å². The van der Waals surface area contributed by atoms with E-state index in [1.54, 1.807) is 31.2 Å². The summed E-state index contributed by atoms with van der Waals surface area (Å²) in [5.74, 6) is -0.604. The van der Waals surface area contributed by atoms with Gasteiger partial charge in [-0.05, 0) is 31.2 Å². The Morgan fingerprint density at radius 2 is 2.05 bits per heavy atom. The van der Waals surface area contributed by atoms with Crippen LogP contribution < -0.4 is 5.32 Å². The van der Waals surface area contributed by atoms with Crippen LogP contribution in [0.3, 0.4) is 0 Å². The van der Waals surface area contributed by atoms with E-state index in [0.29, 0.717) is 17.9 Å². The molecular formula is C13H14N4O3. The van der Waals surface area contributed by atoms with E-state index in [4.69, 9.17) is 4.74 Å². The third kappa shape index (κ3) is 3.64. The van der Waals surface area contributed by atoms with Gasteiger partial charge in [-0.2, -0.15) is 5.10 Å². The Hall–Kier alpha value is -2.70. The summed E-state index contributed by atoms with van der Waals surface area (Å²) in [5.41, 5.74) is 1.05. The molecular weight excluding hydrogens is 260 g/mol. The number of anilines is 1. The SMILES string of the molecule is CCOC(=O)c1ccc(NC(=O)Cn2cncn2)cc1. The minimum atomic E-state index is -0.381. The molecule has 0 saturated heterocycles. The molecule has 0 fully saturated rings. The normalized spacial score (nSPS) is 10.1. The standard InChI is InChI=1S/C13H14N4O3/c1-2-20-13(19)10-3-5-11(6-4-10)16-12(18)7-17-9-14-8-15-17/h3-6,8-9H,2,7H2,1H3,(H,16,18). The topological polar surface area (TPSA) is 86.1 Å². The van der Waals surface area contributed by atoms with E-state index >= 15 is 0 Å². The summed E-state index contributed by atoms with van der Waals surface area (Å²) in [6.07, 6.45) is 2.82. The van der Waals surface area contributed by atoms with Crippen LogP contribution in [0.2, 0.25) is 0 Å². The fourth-order valence-corrected chi connectivity index (χ4v) is 1.57. The van der Waals surface area contributed by atoms with Crippen LogP contribution in [0.25, 0.3) is 0 Å². The highest BCUT2D eigenvalue weighted by molar-refractivity contribution is 5.92. The van der Waals surface area contributed by atoms with Crippen molar-refractivity contribution in [2.75, 3.05) is 11.9 Å². The number of ether oxygens (including phenoxy) is 1. The molecule has 20 heavy (non-hydrogen) atoms. The number of amides is 1. The van der Waals surface area contributed by atoms with Gasteiger partial charge >= 0.3 is 5.97 Å². The van der Waals surface area contributed by atoms with Crippen LogP contribution in [-0.4, -0.2) is 33.2 Å². The zero-order valence-electron chi connectivity index (χ0n) is 10.9. The summed E-state index contributed by atoms with van der Waals surface area (Å²) in [5, 5.41) is 6.54. The Kier molecular flexibility index (Phi) is 4.43. The van der Waals surface area contributed by atoms with Gasteiger partial charge in [-0.3, -0.25) is 4.79 Å². The molecule has 2 rings (SSSR count). The van der Waals surface area contributed by atoms with Gasteiger partial charge in [0, 0.05) is 5.69 Å². The molecule has 1 aromatic carbocycles. The quantitative estimate of drug-likeness (QED) is 0.825. The van der Waals surface area contributed by atoms with Gasteiger partial charge in [-0.1, -0.05) is 0 Å². The minimum absolute atomic E-state index is 0.0830. The van der Waals surface area contributed by atoms with Crippen LogP contribution in [0.5, 0.6) is 0 Å². The fraction of sp³-hybridized carbons (Fsp3) is 0.231. The molecule has 7 nitrogen and oxygen atoms in total. The Morgan fingerprint density at radius 1 is 1.30 bits per heavy atom. The number of rotatable bonds is 5. The molecule has 1 heterocycles. The third-order valence-corrected chi connectivity index (χ3v) is 2.45. The Morgan fingerprint density at radius 3 is 2.65 bits per heavy atom. The van der Waals surface area contributed by atoms with Crippen molar-refractivity contribution in [1.29, 1.82) is 0 Å². The molecule has 7 heteroatoms. The number of hydrogen-bond acceptors (Lipinski definition) is 5. The number of esters is 1. The Labute approximate surface area is 115 Å². The van der Waals surface area contributed by atoms with Crippen molar-refractivity contribution in [3.63, 3.8) is 0 Å². The van der Waals surface area contributed by atoms with Crippen LogP contribution in [0.15, 0.2) is 36.9 Å². The van der Waals surface area contributed by atoms with Gasteiger partial charge in [0.1, 0.15) is 19.2 Å². The molecule has 2 aromatic rings. The van der Waals surface area contributed by atoms with Crippen molar-refractivity contribution in [2.45, 2.75) is 13.5 Å². The summed E-state index contributed by atoms with van der Waals surface area (Å²) in [4.78, 5) is 26.9. The number of benzene rings is 1. The lowest BCUT2D eigenvalue weighted by Crippen LogP contribution is -2.19. The smallest absolute Gasteiger partial charge is 0.338 e. The number of hydrogen-bond donors (Lipinski definition) is 1. The largest absolute Gasteiger partial charge is 0.462 e. The molecule has 0 spiro atoms. The first-order chi connectivity index (χ1) is 9.69. The second-order valence-corrected chi connectivity index (χ2v) is 3.94. The summed E-state index contributed by atoms with van der Waals surface area (Å²) < 4.78 is 6.29. The minimum Gasteiger partial charge on any atom is -0.462 e. The first-order valence-electron chi connectivity index (χ1n) is 6.08. The predicted octanol–water partition coefficient (Wildman–Crippen LogP) is 1.09. The molecule has 0 bridgehead atoms. The van der Waals surface area contributed by atoms with Gasteiger partial charge < -0.3 is 10.1 Å². The average molecular weight is 274 g/mol. The van der Waals surface area contributed by atoms with Crippen molar-refractivity contribution in [2.24, 2.45) is 0 Å². The molecule has 0 radical (unpaired) electrons. The lowest BCUT2D eigenvalue weighted by molar-refractivity contribution is -0.116. The molecule has 0 aliphatic carbocycles. The van der Waals surface area contributed by atoms with Gasteiger partial charge in [0.2, 0.25) is 5.91 Å². The molecule has 0 saturated carbocycles. The zero-order chi connectivity index (χ0) is 14.4. The van der Waals surface area contributed by atoms with Gasteiger partial charge in [0.05, 0.1) is 12.2 Å². The highest BCUT2D eigenvalue weighted by atomic mass is 16.5. The van der Waals surface area contributed by atoms with E-state index in [0.717, 1.165) is 0 Å². The maximum absolute atomic E-state index is 11.7. The second-order valence-electron chi connectivity index (χ2n) is 3.94. The number of carbonyl (C=O) groups excluding carboxylic acids is 2. The monoisotopic (exact) mass is 274 g/mol. The molecule has 104 valence electrons. The maximum Gasteiger partial charge on any atom is 0.338 e. The van der Waals surface area contributed by atoms with Crippen molar-refractivity contribution < 1.29 is 14.3 Å². The van der Waals surface area contributed by atoms with Crippen molar-refractivity contribution in [1.82, 2.24) is 14.8 Å². The Balaban J connectivity index is 1.93. The van der Waals surface area contributed by atoms with E-state index in [1.165, 1.54) is 17.3 Å². The van der Waals surface area contributed by atoms with Gasteiger partial charge in [-0.15, -0.1) is 0 Å². The summed E-state index contributed by atoms with van der Waals surface area (Å²) in [6.45, 7) is 2.16. The molecule has 1 aromatic heterocycles. The van der Waals surface area contributed by atoms with Gasteiger partial charge in [-0.25, -0.2) is 14.5 Å². The molecule has 0 aliphatic heterocycles. The molecule has 1 N–H and O–H groups in total.